The predicted octanol–water partition coefficient (Wildman–Crippen LogP) is 4.72. The number of amides is 3. The molecule has 0 radical (unpaired) electrons. The first-order chi connectivity index (χ1) is 21.3. The van der Waals surface area contributed by atoms with E-state index < -0.39 is 29.6 Å². The fourth-order valence-corrected chi connectivity index (χ4v) is 8.11. The maximum atomic E-state index is 14.5. The zero-order valence-electron chi connectivity index (χ0n) is 26.2. The van der Waals surface area contributed by atoms with Gasteiger partial charge in [0.15, 0.2) is 0 Å². The average Bonchev–Trinajstić information content (AvgIpc) is 3.61. The van der Waals surface area contributed by atoms with Crippen LogP contribution in [0.5, 0.6) is 5.75 Å². The molecule has 4 rings (SSSR count). The fourth-order valence-electron chi connectivity index (χ4n) is 7.17. The Bertz CT molecular complexity index is 1180. The van der Waals surface area contributed by atoms with Gasteiger partial charge in [0, 0.05) is 43.3 Å². The molecule has 3 aliphatic heterocycles. The van der Waals surface area contributed by atoms with Gasteiger partial charge in [-0.3, -0.25) is 14.4 Å². The molecule has 10 heteroatoms. The van der Waals surface area contributed by atoms with Crippen LogP contribution in [0, 0.1) is 11.8 Å². The highest BCUT2D eigenvalue weighted by Crippen LogP contribution is 2.60. The molecule has 242 valence electrons. The highest BCUT2D eigenvalue weighted by Gasteiger charge is 2.76. The average molecular weight is 675 g/mol. The van der Waals surface area contributed by atoms with Gasteiger partial charge in [0.25, 0.3) is 0 Å². The number of ether oxygens (including phenoxy) is 2. The second kappa shape index (κ2) is 15.5. The Hall–Kier alpha value is -2.69. The summed E-state index contributed by atoms with van der Waals surface area (Å²) in [6.07, 6.45) is 8.14. The molecule has 0 aliphatic carbocycles. The van der Waals surface area contributed by atoms with E-state index in [1.54, 1.807) is 26.9 Å². The van der Waals surface area contributed by atoms with E-state index in [0.717, 1.165) is 25.7 Å². The Morgan fingerprint density at radius 1 is 1.09 bits per heavy atom. The molecule has 1 aromatic rings. The molecule has 3 saturated heterocycles. The first-order valence-corrected chi connectivity index (χ1v) is 17.0. The number of benzene rings is 1. The van der Waals surface area contributed by atoms with Crippen LogP contribution in [0.3, 0.4) is 0 Å². The minimum Gasteiger partial charge on any atom is -0.494 e. The number of unbranched alkanes of at least 4 members (excludes halogenated alkanes) is 4. The van der Waals surface area contributed by atoms with Crippen LogP contribution in [0.25, 0.3) is 0 Å². The molecule has 0 aromatic heterocycles. The van der Waals surface area contributed by atoms with E-state index in [4.69, 9.17) is 9.47 Å². The molecule has 44 heavy (non-hydrogen) atoms. The number of hydrogen-bond donors (Lipinski definition) is 1. The monoisotopic (exact) mass is 673 g/mol. The number of nitrogens with zero attached hydrogens (tertiary/aromatic N) is 3. The van der Waals surface area contributed by atoms with E-state index in [0.29, 0.717) is 56.9 Å². The Kier molecular flexibility index (Phi) is 12.1. The zero-order valence-corrected chi connectivity index (χ0v) is 27.8. The number of likely N-dealkylation sites (tertiary alicyclic amines) is 1. The molecule has 9 nitrogen and oxygen atoms in total. The van der Waals surface area contributed by atoms with Crippen LogP contribution in [0.2, 0.25) is 0 Å². The summed E-state index contributed by atoms with van der Waals surface area (Å²) in [5.41, 5.74) is -0.431. The van der Waals surface area contributed by atoms with Crippen LogP contribution in [0.1, 0.15) is 58.8 Å². The lowest BCUT2D eigenvalue weighted by molar-refractivity contribution is -0.147. The van der Waals surface area contributed by atoms with Crippen molar-refractivity contribution in [2.45, 2.75) is 81.4 Å². The van der Waals surface area contributed by atoms with Crippen LogP contribution in [0.15, 0.2) is 49.6 Å². The number of rotatable bonds is 18. The summed E-state index contributed by atoms with van der Waals surface area (Å²) in [6.45, 7) is 14.0. The van der Waals surface area contributed by atoms with Gasteiger partial charge in [0.1, 0.15) is 17.4 Å². The lowest BCUT2D eigenvalue weighted by Crippen LogP contribution is -2.57. The molecular formula is C34H48BrN3O6. The van der Waals surface area contributed by atoms with Crippen LogP contribution >= 0.6 is 15.9 Å². The number of carbonyl (C=O) groups excluding carboxylic acids is 3. The maximum Gasteiger partial charge on any atom is 0.248 e. The van der Waals surface area contributed by atoms with Crippen molar-refractivity contribution in [1.29, 1.82) is 0 Å². The summed E-state index contributed by atoms with van der Waals surface area (Å²) in [5, 5.41) is 9.21. The molecule has 1 spiro atoms. The first-order valence-electron chi connectivity index (χ1n) is 16.1. The van der Waals surface area contributed by atoms with Crippen molar-refractivity contribution in [3.8, 4) is 5.75 Å². The van der Waals surface area contributed by atoms with Crippen molar-refractivity contribution in [3.05, 3.63) is 49.6 Å². The lowest BCUT2D eigenvalue weighted by atomic mass is 9.70. The van der Waals surface area contributed by atoms with Gasteiger partial charge in [0.05, 0.1) is 24.5 Å². The summed E-state index contributed by atoms with van der Waals surface area (Å²) < 4.78 is 12.3. The molecule has 1 N–H and O–H groups in total. The van der Waals surface area contributed by atoms with Gasteiger partial charge in [0.2, 0.25) is 17.7 Å². The summed E-state index contributed by atoms with van der Waals surface area (Å²) in [7, 11) is 0. The third kappa shape index (κ3) is 6.63. The van der Waals surface area contributed by atoms with Gasteiger partial charge < -0.3 is 29.3 Å². The van der Waals surface area contributed by atoms with E-state index in [2.05, 4.69) is 36.0 Å². The molecule has 2 bridgehead atoms. The van der Waals surface area contributed by atoms with E-state index in [1.165, 1.54) is 0 Å². The fraction of sp³-hybridized carbons (Fsp3) is 0.618. The van der Waals surface area contributed by atoms with Gasteiger partial charge in [-0.05, 0) is 56.9 Å². The van der Waals surface area contributed by atoms with Crippen molar-refractivity contribution < 1.29 is 29.0 Å². The van der Waals surface area contributed by atoms with E-state index >= 15 is 0 Å². The van der Waals surface area contributed by atoms with Crippen molar-refractivity contribution in [3.63, 3.8) is 0 Å². The molecule has 1 aromatic carbocycles. The van der Waals surface area contributed by atoms with E-state index in [-0.39, 0.29) is 35.7 Å². The van der Waals surface area contributed by atoms with Crippen LogP contribution in [-0.4, -0.2) is 94.6 Å². The van der Waals surface area contributed by atoms with Crippen LogP contribution < -0.4 is 9.64 Å². The number of hydrogen-bond acceptors (Lipinski definition) is 6. The zero-order chi connectivity index (χ0) is 31.9. The highest BCUT2D eigenvalue weighted by atomic mass is 79.9. The second-order valence-corrected chi connectivity index (χ2v) is 13.1. The minimum absolute atomic E-state index is 0.129. The molecule has 3 fully saturated rings. The normalized spacial score (nSPS) is 26.9. The third-order valence-electron chi connectivity index (χ3n) is 9.10. The number of aliphatic hydroxyl groups excluding tert-OH is 1. The summed E-state index contributed by atoms with van der Waals surface area (Å²) in [5.74, 6) is -1.37. The van der Waals surface area contributed by atoms with E-state index in [9.17, 15) is 19.5 Å². The molecule has 3 amide bonds. The smallest absolute Gasteiger partial charge is 0.248 e. The highest BCUT2D eigenvalue weighted by molar-refractivity contribution is 9.09. The molecule has 6 atom stereocenters. The minimum atomic E-state index is -1.11. The van der Waals surface area contributed by atoms with E-state index in [1.807, 2.05) is 31.2 Å². The number of fused-ring (bicyclic) bond motifs is 1. The Labute approximate surface area is 270 Å². The molecule has 3 unspecified atom stereocenters. The number of carbonyl (C=O) groups is 3. The summed E-state index contributed by atoms with van der Waals surface area (Å²) >= 11 is 3.79. The Balaban J connectivity index is 1.71. The number of aliphatic hydroxyl groups is 1. The summed E-state index contributed by atoms with van der Waals surface area (Å²) in [6, 6.07) is 6.50. The molecule has 0 saturated carbocycles. The number of halogens is 1. The number of alkyl halides is 1. The van der Waals surface area contributed by atoms with Crippen molar-refractivity contribution >= 4 is 39.3 Å². The second-order valence-electron chi connectivity index (χ2n) is 11.9. The predicted molar refractivity (Wildman–Crippen MR) is 175 cm³/mol. The summed E-state index contributed by atoms with van der Waals surface area (Å²) in [4.78, 5) is 48.3. The largest absolute Gasteiger partial charge is 0.494 e. The maximum absolute atomic E-state index is 14.5. The molecule has 3 heterocycles. The Morgan fingerprint density at radius 2 is 1.80 bits per heavy atom. The Morgan fingerprint density at radius 3 is 2.43 bits per heavy atom. The van der Waals surface area contributed by atoms with Crippen molar-refractivity contribution in [1.82, 2.24) is 9.80 Å². The first kappa shape index (κ1) is 34.2. The SMILES string of the molecule is C=CCN(CCCC)C(=O)C1N(CCCCCCO)C(=O)[C@@H]2[C@H](C(=O)N(CC=C)c3ccc(OCC)cc3)[C@H]3OC12CC3Br. The van der Waals surface area contributed by atoms with Crippen molar-refractivity contribution in [2.24, 2.45) is 11.8 Å². The lowest BCUT2D eigenvalue weighted by Gasteiger charge is -2.37. The van der Waals surface area contributed by atoms with Gasteiger partial charge in [-0.25, -0.2) is 0 Å². The quantitative estimate of drug-likeness (QED) is 0.138. The number of anilines is 1. The standard InChI is InChI=1S/C34H48BrN3O6/c1-5-9-20-36(18-6-2)33(42)30-34-23-26(35)29(44-34)27(28(34)32(41)38(30)21-12-10-11-13-22-39)31(40)37(19-7-3)24-14-16-25(17-15-24)43-8-4/h6-7,14-17,26-30,39H,2-3,5,8-13,18-23H2,1,4H3/t26?,27-,28-,29-,30?,34?/m0/s1. The molecule has 3 aliphatic rings. The van der Waals surface area contributed by atoms with Gasteiger partial charge in [-0.15, -0.1) is 13.2 Å². The van der Waals surface area contributed by atoms with Gasteiger partial charge in [-0.1, -0.05) is 54.3 Å². The van der Waals surface area contributed by atoms with Gasteiger partial charge in [-0.2, -0.15) is 0 Å². The molecular weight excluding hydrogens is 626 g/mol. The third-order valence-corrected chi connectivity index (χ3v) is 9.94. The van der Waals surface area contributed by atoms with Crippen molar-refractivity contribution in [2.75, 3.05) is 44.3 Å². The van der Waals surface area contributed by atoms with Crippen LogP contribution in [0.4, 0.5) is 5.69 Å². The van der Waals surface area contributed by atoms with Gasteiger partial charge >= 0.3 is 0 Å². The topological polar surface area (TPSA) is 99.6 Å². The van der Waals surface area contributed by atoms with Crippen LogP contribution in [-0.2, 0) is 19.1 Å².